The highest BCUT2D eigenvalue weighted by Gasteiger charge is 2.08. The van der Waals surface area contributed by atoms with Crippen molar-refractivity contribution in [3.63, 3.8) is 0 Å². The highest BCUT2D eigenvalue weighted by molar-refractivity contribution is 7.98. The van der Waals surface area contributed by atoms with Crippen LogP contribution in [-0.2, 0) is 0 Å². The molecule has 194 valence electrons. The van der Waals surface area contributed by atoms with Crippen LogP contribution < -0.4 is 5.32 Å². The van der Waals surface area contributed by atoms with Crippen LogP contribution in [0, 0.1) is 23.1 Å². The number of anilines is 1. The lowest BCUT2D eigenvalue weighted by Crippen LogP contribution is -1.98. The maximum absolute atomic E-state index is 12.8. The fraction of sp³-hybridized carbons (Fsp3) is 0.172. The Hall–Kier alpha value is -4.42. The van der Waals surface area contributed by atoms with E-state index in [1.165, 1.54) is 35.7 Å². The highest BCUT2D eigenvalue weighted by Crippen LogP contribution is 2.22. The molecule has 0 unspecified atom stereocenters. The van der Waals surface area contributed by atoms with Gasteiger partial charge in [0.05, 0.1) is 11.9 Å². The van der Waals surface area contributed by atoms with Gasteiger partial charge in [0.25, 0.3) is 0 Å². The number of hydrogen-bond donors (Lipinski definition) is 3. The number of nitrogens with zero attached hydrogens (tertiary/aromatic N) is 3. The van der Waals surface area contributed by atoms with Crippen LogP contribution in [0.1, 0.15) is 52.9 Å². The van der Waals surface area contributed by atoms with Crippen LogP contribution >= 0.6 is 11.8 Å². The quantitative estimate of drug-likeness (QED) is 0.115. The summed E-state index contributed by atoms with van der Waals surface area (Å²) in [6, 6.07) is 13.9. The Morgan fingerprint density at radius 3 is 2.55 bits per heavy atom. The largest absolute Gasteiger partial charge is 0.388 e. The summed E-state index contributed by atoms with van der Waals surface area (Å²) in [6.07, 6.45) is 8.85. The van der Waals surface area contributed by atoms with E-state index in [0.29, 0.717) is 23.7 Å². The first kappa shape index (κ1) is 28.2. The van der Waals surface area contributed by atoms with Crippen molar-refractivity contribution in [2.75, 3.05) is 18.6 Å². The van der Waals surface area contributed by atoms with Gasteiger partial charge >= 0.3 is 0 Å². The number of carbonyl (C=O) groups is 1. The van der Waals surface area contributed by atoms with E-state index in [1.807, 2.05) is 13.3 Å². The van der Waals surface area contributed by atoms with E-state index in [1.54, 1.807) is 41.2 Å². The van der Waals surface area contributed by atoms with E-state index in [0.717, 1.165) is 27.7 Å². The van der Waals surface area contributed by atoms with E-state index in [2.05, 4.69) is 64.3 Å². The first-order valence-electron chi connectivity index (χ1n) is 11.8. The Bertz CT molecular complexity index is 1470. The fourth-order valence-corrected chi connectivity index (χ4v) is 3.99. The number of rotatable bonds is 7. The molecule has 2 aromatic carbocycles. The summed E-state index contributed by atoms with van der Waals surface area (Å²) >= 11 is 1.48. The van der Waals surface area contributed by atoms with Crippen molar-refractivity contribution >= 4 is 36.0 Å². The number of allylic oxidation sites excluding steroid dienone is 1. The molecule has 0 aliphatic carbocycles. The van der Waals surface area contributed by atoms with Gasteiger partial charge in [-0.25, -0.2) is 14.1 Å². The van der Waals surface area contributed by atoms with Gasteiger partial charge in [0, 0.05) is 30.6 Å². The first-order valence-corrected chi connectivity index (χ1v) is 13.0. The maximum atomic E-state index is 12.8. The molecule has 0 amide bonds. The molecule has 0 radical (unpaired) electrons. The first-order chi connectivity index (χ1) is 18.4. The molecule has 0 fully saturated rings. The van der Waals surface area contributed by atoms with Crippen LogP contribution in [0.3, 0.4) is 0 Å². The molecule has 4 rings (SSSR count). The number of aromatic amines is 1. The number of aldehydes is 1. The molecule has 0 aliphatic rings. The molecular formula is C29H29FN6OS. The number of thioether (sulfide) groups is 1. The number of imidazole rings is 1. The summed E-state index contributed by atoms with van der Waals surface area (Å²) in [5.74, 6) is 7.16. The van der Waals surface area contributed by atoms with Crippen molar-refractivity contribution in [3.8, 4) is 17.5 Å². The maximum Gasteiger partial charge on any atom is 0.170 e. The van der Waals surface area contributed by atoms with E-state index in [9.17, 15) is 9.18 Å². The van der Waals surface area contributed by atoms with Gasteiger partial charge < -0.3 is 15.7 Å². The molecule has 0 spiro atoms. The third kappa shape index (κ3) is 7.54. The van der Waals surface area contributed by atoms with Crippen LogP contribution in [0.4, 0.5) is 10.1 Å². The molecule has 9 heteroatoms. The average Bonchev–Trinajstić information content (AvgIpc) is 3.58. The van der Waals surface area contributed by atoms with Crippen molar-refractivity contribution in [3.05, 3.63) is 95.0 Å². The Labute approximate surface area is 226 Å². The standard InChI is InChI=1S/C18H20N4.C11H9FN2OS/c1-13(2)17-9-8-15(20-3)11-14(17)6-7-16-12-21-18(22-16)5-4-10-19;1-16-11-6-9(7-15)13-14(11)10-4-2-8(12)3-5-10/h4-5,8-13,19-20H,1-3H3,(H,21,22);2-7H,1H3/b5-4-,19-10?;. The van der Waals surface area contributed by atoms with E-state index in [-0.39, 0.29) is 5.82 Å². The molecule has 3 N–H and O–H groups in total. The summed E-state index contributed by atoms with van der Waals surface area (Å²) < 4.78 is 14.4. The van der Waals surface area contributed by atoms with Crippen molar-refractivity contribution < 1.29 is 9.18 Å². The number of halogens is 1. The van der Waals surface area contributed by atoms with Crippen LogP contribution in [0.25, 0.3) is 11.8 Å². The zero-order chi connectivity index (χ0) is 27.5. The van der Waals surface area contributed by atoms with Crippen molar-refractivity contribution in [1.29, 1.82) is 5.41 Å². The van der Waals surface area contributed by atoms with Crippen molar-refractivity contribution in [1.82, 2.24) is 19.7 Å². The van der Waals surface area contributed by atoms with Crippen LogP contribution in [0.2, 0.25) is 0 Å². The molecule has 0 bridgehead atoms. The molecule has 0 aliphatic heterocycles. The summed E-state index contributed by atoms with van der Waals surface area (Å²) in [4.78, 5) is 17.9. The van der Waals surface area contributed by atoms with Gasteiger partial charge in [0.15, 0.2) is 6.29 Å². The van der Waals surface area contributed by atoms with Crippen LogP contribution in [0.5, 0.6) is 0 Å². The van der Waals surface area contributed by atoms with Crippen molar-refractivity contribution in [2.24, 2.45) is 0 Å². The lowest BCUT2D eigenvalue weighted by atomic mass is 9.97. The number of aromatic nitrogens is 4. The number of hydrogen-bond acceptors (Lipinski definition) is 6. The Morgan fingerprint density at radius 2 is 1.92 bits per heavy atom. The smallest absolute Gasteiger partial charge is 0.170 e. The zero-order valence-corrected chi connectivity index (χ0v) is 22.4. The molecule has 0 atom stereocenters. The molecule has 2 heterocycles. The monoisotopic (exact) mass is 528 g/mol. The molecule has 4 aromatic rings. The Morgan fingerprint density at radius 1 is 1.16 bits per heavy atom. The molecule has 0 saturated heterocycles. The Balaban J connectivity index is 0.000000221. The summed E-state index contributed by atoms with van der Waals surface area (Å²) in [6.45, 7) is 4.33. The average molecular weight is 529 g/mol. The Kier molecular flexibility index (Phi) is 10.2. The van der Waals surface area contributed by atoms with Gasteiger partial charge in [0.1, 0.15) is 28.1 Å². The number of carbonyl (C=O) groups excluding carboxylic acids is 1. The molecule has 38 heavy (non-hydrogen) atoms. The second-order valence-corrected chi connectivity index (χ2v) is 9.11. The molecule has 2 aromatic heterocycles. The number of nitrogens with one attached hydrogen (secondary N) is 3. The van der Waals surface area contributed by atoms with Gasteiger partial charge in [-0.2, -0.15) is 5.10 Å². The normalized spacial score (nSPS) is 10.5. The second-order valence-electron chi connectivity index (χ2n) is 8.28. The molecular weight excluding hydrogens is 499 g/mol. The van der Waals surface area contributed by atoms with Gasteiger partial charge in [-0.1, -0.05) is 25.8 Å². The summed E-state index contributed by atoms with van der Waals surface area (Å²) in [5, 5.41) is 15.1. The minimum atomic E-state index is -0.294. The topological polar surface area (TPSA) is 99.4 Å². The lowest BCUT2D eigenvalue weighted by molar-refractivity contribution is 0.111. The fourth-order valence-electron chi connectivity index (χ4n) is 3.43. The number of H-pyrrole nitrogens is 1. The second kappa shape index (κ2) is 13.8. The highest BCUT2D eigenvalue weighted by atomic mass is 32.2. The number of benzene rings is 2. The predicted molar refractivity (Wildman–Crippen MR) is 153 cm³/mol. The third-order valence-corrected chi connectivity index (χ3v) is 6.05. The van der Waals surface area contributed by atoms with Gasteiger partial charge in [0.2, 0.25) is 0 Å². The van der Waals surface area contributed by atoms with Crippen molar-refractivity contribution in [2.45, 2.75) is 24.8 Å². The molecule has 7 nitrogen and oxygen atoms in total. The van der Waals surface area contributed by atoms with Crippen LogP contribution in [-0.4, -0.2) is 45.6 Å². The lowest BCUT2D eigenvalue weighted by Gasteiger charge is -2.10. The van der Waals surface area contributed by atoms with E-state index < -0.39 is 0 Å². The van der Waals surface area contributed by atoms with Gasteiger partial charge in [-0.3, -0.25) is 4.79 Å². The van der Waals surface area contributed by atoms with Gasteiger partial charge in [-0.05, 0) is 72.2 Å². The van der Waals surface area contributed by atoms with Crippen LogP contribution in [0.15, 0.2) is 65.8 Å². The third-order valence-electron chi connectivity index (χ3n) is 5.34. The summed E-state index contributed by atoms with van der Waals surface area (Å²) in [7, 11) is 1.90. The minimum Gasteiger partial charge on any atom is -0.388 e. The van der Waals surface area contributed by atoms with E-state index in [4.69, 9.17) is 5.41 Å². The summed E-state index contributed by atoms with van der Waals surface area (Å²) in [5.41, 5.74) is 5.16. The van der Waals surface area contributed by atoms with Gasteiger partial charge in [-0.15, -0.1) is 11.8 Å². The molecule has 0 saturated carbocycles. The SMILES string of the molecule is CNc1ccc(C(C)C)c(C#Cc2cnc(/C=C\C=N)[nH]2)c1.CSc1cc(C=O)nn1-c1ccc(F)cc1. The minimum absolute atomic E-state index is 0.294. The zero-order valence-electron chi connectivity index (χ0n) is 21.6. The van der Waals surface area contributed by atoms with E-state index >= 15 is 0 Å². The predicted octanol–water partition coefficient (Wildman–Crippen LogP) is 6.18.